The molecule has 0 aliphatic carbocycles. The van der Waals surface area contributed by atoms with Crippen LogP contribution in [0.3, 0.4) is 0 Å². The van der Waals surface area contributed by atoms with Crippen LogP contribution in [0.15, 0.2) is 10.4 Å². The van der Waals surface area contributed by atoms with Crippen LogP contribution in [-0.2, 0) is 0 Å². The summed E-state index contributed by atoms with van der Waals surface area (Å²) in [5.74, 6) is 0. The van der Waals surface area contributed by atoms with Gasteiger partial charge in [-0.25, -0.2) is 0 Å². The predicted octanol–water partition coefficient (Wildman–Crippen LogP) is 1.44. The van der Waals surface area contributed by atoms with Crippen LogP contribution >= 0.6 is 0 Å². The summed E-state index contributed by atoms with van der Waals surface area (Å²) in [4.78, 5) is 19.9. The summed E-state index contributed by atoms with van der Waals surface area (Å²) in [6.45, 7) is 1.73. The topological polar surface area (TPSA) is 79.1 Å². The average molecular weight is 174 g/mol. The summed E-state index contributed by atoms with van der Waals surface area (Å²) < 4.78 is 0. The van der Waals surface area contributed by atoms with Crippen molar-refractivity contribution >= 4 is 0 Å². The predicted molar refractivity (Wildman–Crippen MR) is 45.8 cm³/mol. The van der Waals surface area contributed by atoms with E-state index in [1.165, 1.54) is 0 Å². The molecule has 0 aliphatic heterocycles. The third-order valence-electron chi connectivity index (χ3n) is 1.69. The first-order chi connectivity index (χ1) is 5.76. The molecule has 2 unspecified atom stereocenters. The molecule has 12 heavy (non-hydrogen) atoms. The van der Waals surface area contributed by atoms with Crippen molar-refractivity contribution in [3.05, 3.63) is 9.81 Å². The second-order valence-electron chi connectivity index (χ2n) is 2.69. The Morgan fingerprint density at radius 3 is 2.50 bits per heavy atom. The highest BCUT2D eigenvalue weighted by Gasteiger charge is 2.19. The number of unbranched alkanes of at least 4 members (excludes halogenated alkanes) is 1. The average Bonchev–Trinajstić information content (AvgIpc) is 2.06. The molecule has 0 spiro atoms. The van der Waals surface area contributed by atoms with Crippen molar-refractivity contribution in [1.29, 1.82) is 0 Å². The molecule has 5 heteroatoms. The highest BCUT2D eigenvalue weighted by molar-refractivity contribution is 4.76. The van der Waals surface area contributed by atoms with E-state index in [-0.39, 0.29) is 6.54 Å². The molecule has 70 valence electrons. The highest BCUT2D eigenvalue weighted by atomic mass is 16.3. The maximum absolute atomic E-state index is 10.2. The van der Waals surface area contributed by atoms with E-state index in [2.05, 4.69) is 10.4 Å². The minimum absolute atomic E-state index is 0.250. The lowest BCUT2D eigenvalue weighted by molar-refractivity contribution is 0.147. The van der Waals surface area contributed by atoms with Gasteiger partial charge >= 0.3 is 0 Å². The standard InChI is InChI=1S/C7H14N2O3/c1-2-3-4-6(9-12)7(10)5-8-11/h6-7,10H,2-5H2,1H3. The normalized spacial score (nSPS) is 15.2. The molecule has 0 aromatic rings. The molecule has 0 aromatic carbocycles. The van der Waals surface area contributed by atoms with Gasteiger partial charge in [0.05, 0.1) is 0 Å². The van der Waals surface area contributed by atoms with E-state index >= 15 is 0 Å². The SMILES string of the molecule is CCCCC(N=O)C(O)CN=O. The van der Waals surface area contributed by atoms with Crippen LogP contribution in [0.25, 0.3) is 0 Å². The van der Waals surface area contributed by atoms with Gasteiger partial charge < -0.3 is 5.11 Å². The Kier molecular flexibility index (Phi) is 6.37. The maximum Gasteiger partial charge on any atom is 0.120 e. The third kappa shape index (κ3) is 4.12. The Balaban J connectivity index is 3.77. The maximum atomic E-state index is 10.2. The van der Waals surface area contributed by atoms with Crippen LogP contribution < -0.4 is 0 Å². The van der Waals surface area contributed by atoms with Gasteiger partial charge in [0, 0.05) is 0 Å². The monoisotopic (exact) mass is 174 g/mol. The summed E-state index contributed by atoms with van der Waals surface area (Å²) in [5.41, 5.74) is 0. The van der Waals surface area contributed by atoms with Crippen LogP contribution in [0.5, 0.6) is 0 Å². The molecular weight excluding hydrogens is 160 g/mol. The number of rotatable bonds is 7. The van der Waals surface area contributed by atoms with Gasteiger partial charge in [-0.15, -0.1) is 0 Å². The molecule has 2 atom stereocenters. The molecule has 0 aromatic heterocycles. The molecule has 0 saturated heterocycles. The van der Waals surface area contributed by atoms with E-state index in [4.69, 9.17) is 5.11 Å². The van der Waals surface area contributed by atoms with Crippen LogP contribution in [0, 0.1) is 9.81 Å². The van der Waals surface area contributed by atoms with Gasteiger partial charge in [-0.3, -0.25) is 0 Å². The second kappa shape index (κ2) is 6.84. The number of aliphatic hydroxyl groups is 1. The van der Waals surface area contributed by atoms with Crippen molar-refractivity contribution in [2.45, 2.75) is 38.3 Å². The van der Waals surface area contributed by atoms with Crippen LogP contribution in [-0.4, -0.2) is 23.8 Å². The summed E-state index contributed by atoms with van der Waals surface area (Å²) in [7, 11) is 0. The number of aliphatic hydroxyl groups excluding tert-OH is 1. The minimum Gasteiger partial charge on any atom is -0.389 e. The van der Waals surface area contributed by atoms with Crippen LogP contribution in [0.2, 0.25) is 0 Å². The molecule has 5 nitrogen and oxygen atoms in total. The van der Waals surface area contributed by atoms with Crippen LogP contribution in [0.4, 0.5) is 0 Å². The quantitative estimate of drug-likeness (QED) is 0.593. The van der Waals surface area contributed by atoms with Gasteiger partial charge in [0.2, 0.25) is 0 Å². The summed E-state index contributed by atoms with van der Waals surface area (Å²) in [6, 6.07) is -0.678. The van der Waals surface area contributed by atoms with Gasteiger partial charge in [-0.2, -0.15) is 9.81 Å². The molecular formula is C7H14N2O3. The number of nitroso groups, excluding NO2 is 2. The zero-order valence-electron chi connectivity index (χ0n) is 7.14. The van der Waals surface area contributed by atoms with Crippen molar-refractivity contribution < 1.29 is 5.11 Å². The summed E-state index contributed by atoms with van der Waals surface area (Å²) >= 11 is 0. The van der Waals surface area contributed by atoms with Gasteiger partial charge in [0.1, 0.15) is 18.7 Å². The fourth-order valence-corrected chi connectivity index (χ4v) is 0.927. The molecule has 0 saturated carbocycles. The Hall–Kier alpha value is -0.840. The molecule has 0 fully saturated rings. The van der Waals surface area contributed by atoms with E-state index in [1.54, 1.807) is 0 Å². The Labute approximate surface area is 71.1 Å². The van der Waals surface area contributed by atoms with Crippen molar-refractivity contribution in [3.8, 4) is 0 Å². The Morgan fingerprint density at radius 2 is 2.08 bits per heavy atom. The fraction of sp³-hybridized carbons (Fsp3) is 1.00. The van der Waals surface area contributed by atoms with Crippen LogP contribution in [0.1, 0.15) is 26.2 Å². The molecule has 0 radical (unpaired) electrons. The first-order valence-corrected chi connectivity index (χ1v) is 4.05. The molecule has 0 aliphatic rings. The zero-order chi connectivity index (χ0) is 9.40. The fourth-order valence-electron chi connectivity index (χ4n) is 0.927. The number of nitrogens with zero attached hydrogens (tertiary/aromatic N) is 2. The van der Waals surface area contributed by atoms with E-state index in [1.807, 2.05) is 6.92 Å². The van der Waals surface area contributed by atoms with Crippen molar-refractivity contribution in [2.24, 2.45) is 10.4 Å². The zero-order valence-corrected chi connectivity index (χ0v) is 7.14. The Morgan fingerprint density at radius 1 is 1.42 bits per heavy atom. The first-order valence-electron chi connectivity index (χ1n) is 4.05. The van der Waals surface area contributed by atoms with E-state index in [0.717, 1.165) is 12.8 Å². The minimum atomic E-state index is -1.01. The van der Waals surface area contributed by atoms with Gasteiger partial charge in [-0.1, -0.05) is 30.1 Å². The molecule has 0 bridgehead atoms. The van der Waals surface area contributed by atoms with Gasteiger partial charge in [0.25, 0.3) is 0 Å². The second-order valence-corrected chi connectivity index (χ2v) is 2.69. The van der Waals surface area contributed by atoms with Crippen molar-refractivity contribution in [2.75, 3.05) is 6.54 Å². The summed E-state index contributed by atoms with van der Waals surface area (Å²) in [6.07, 6.45) is 1.28. The van der Waals surface area contributed by atoms with Gasteiger partial charge in [0.15, 0.2) is 0 Å². The largest absolute Gasteiger partial charge is 0.389 e. The molecule has 1 N–H and O–H groups in total. The van der Waals surface area contributed by atoms with E-state index in [0.29, 0.717) is 6.42 Å². The van der Waals surface area contributed by atoms with Crippen molar-refractivity contribution in [3.63, 3.8) is 0 Å². The van der Waals surface area contributed by atoms with Crippen molar-refractivity contribution in [1.82, 2.24) is 0 Å². The highest BCUT2D eigenvalue weighted by Crippen LogP contribution is 2.09. The number of hydrogen-bond acceptors (Lipinski definition) is 5. The lowest BCUT2D eigenvalue weighted by Crippen LogP contribution is -2.26. The molecule has 0 amide bonds. The first kappa shape index (κ1) is 11.2. The lowest BCUT2D eigenvalue weighted by atomic mass is 10.1. The lowest BCUT2D eigenvalue weighted by Gasteiger charge is -2.11. The smallest absolute Gasteiger partial charge is 0.120 e. The Bertz CT molecular complexity index is 141. The molecule has 0 rings (SSSR count). The number of hydrogen-bond donors (Lipinski definition) is 1. The third-order valence-corrected chi connectivity index (χ3v) is 1.69. The van der Waals surface area contributed by atoms with Gasteiger partial charge in [-0.05, 0) is 6.42 Å². The molecule has 0 heterocycles. The van der Waals surface area contributed by atoms with E-state index < -0.39 is 12.1 Å². The summed E-state index contributed by atoms with van der Waals surface area (Å²) in [5, 5.41) is 14.4. The van der Waals surface area contributed by atoms with E-state index in [9.17, 15) is 9.81 Å².